The summed E-state index contributed by atoms with van der Waals surface area (Å²) < 4.78 is 191. The van der Waals surface area contributed by atoms with E-state index in [4.69, 9.17) is 0 Å². The van der Waals surface area contributed by atoms with Crippen LogP contribution in [-0.2, 0) is 0 Å². The highest BCUT2D eigenvalue weighted by molar-refractivity contribution is 6.00. The van der Waals surface area contributed by atoms with Crippen molar-refractivity contribution in [3.63, 3.8) is 0 Å². The van der Waals surface area contributed by atoms with Crippen molar-refractivity contribution < 1.29 is 52.7 Å². The SMILES string of the molecule is CN(C)c1c(F)c(F)c(-c2c3nc(c(-c4c(F)c(F)c(N(C)C)c(F)c4F)c4ccc([nH]4)c4ccc([nH]4)c(-c4c(F)c(F)c(N(C)C)c(F)c4F)c4ccc2[nH]4)C=C3)c(F)c1F. The first-order valence-corrected chi connectivity index (χ1v) is 18.2. The van der Waals surface area contributed by atoms with Gasteiger partial charge < -0.3 is 29.7 Å². The molecule has 0 saturated heterocycles. The summed E-state index contributed by atoms with van der Waals surface area (Å²) in [4.78, 5) is 15.1. The van der Waals surface area contributed by atoms with E-state index in [-0.39, 0.29) is 27.6 Å². The number of rotatable bonds is 6. The summed E-state index contributed by atoms with van der Waals surface area (Å²) >= 11 is 0. The van der Waals surface area contributed by atoms with Crippen LogP contribution in [-0.4, -0.2) is 62.2 Å². The number of nitrogens with zero attached hydrogens (tertiary/aromatic N) is 4. The summed E-state index contributed by atoms with van der Waals surface area (Å²) in [5, 5.41) is 0. The summed E-state index contributed by atoms with van der Waals surface area (Å²) in [6.45, 7) is 0. The number of anilines is 3. The number of fused-ring (bicyclic) bond motifs is 9. The van der Waals surface area contributed by atoms with Crippen molar-refractivity contribution in [2.75, 3.05) is 57.0 Å². The second kappa shape index (κ2) is 14.8. The Bertz CT molecular complexity index is 3130. The molecule has 7 aromatic rings. The van der Waals surface area contributed by atoms with Crippen LogP contribution in [0.15, 0.2) is 36.4 Å². The van der Waals surface area contributed by atoms with Crippen molar-refractivity contribution >= 4 is 62.3 Å². The first-order chi connectivity index (χ1) is 29.3. The molecule has 4 aromatic heterocycles. The Morgan fingerprint density at radius 2 is 0.532 bits per heavy atom. The molecule has 1 aliphatic rings. The molecule has 0 radical (unpaired) electrons. The molecule has 3 N–H and O–H groups in total. The molecule has 0 unspecified atom stereocenters. The Labute approximate surface area is 342 Å². The van der Waals surface area contributed by atoms with Gasteiger partial charge in [0.15, 0.2) is 69.8 Å². The number of aromatic amines is 3. The highest BCUT2D eigenvalue weighted by Crippen LogP contribution is 2.44. The fourth-order valence-electron chi connectivity index (χ4n) is 7.64. The summed E-state index contributed by atoms with van der Waals surface area (Å²) in [5.74, 6) is -22.3. The molecule has 0 spiro atoms. The van der Waals surface area contributed by atoms with Gasteiger partial charge in [-0.25, -0.2) is 57.7 Å². The predicted molar refractivity (Wildman–Crippen MR) is 214 cm³/mol. The molecule has 7 nitrogen and oxygen atoms in total. The average Bonchev–Trinajstić information content (AvgIpc) is 4.05. The summed E-state index contributed by atoms with van der Waals surface area (Å²) in [6, 6.07) is 7.25. The van der Waals surface area contributed by atoms with Crippen LogP contribution < -0.4 is 14.7 Å². The smallest absolute Gasteiger partial charge is 0.185 e. The van der Waals surface area contributed by atoms with Crippen LogP contribution in [0.2, 0.25) is 0 Å². The zero-order valence-corrected chi connectivity index (χ0v) is 32.9. The van der Waals surface area contributed by atoms with Gasteiger partial charge in [-0.1, -0.05) is 0 Å². The van der Waals surface area contributed by atoms with E-state index in [1.807, 2.05) is 0 Å². The maximum Gasteiger partial charge on any atom is 0.185 e. The van der Waals surface area contributed by atoms with Crippen LogP contribution in [0.4, 0.5) is 69.7 Å². The predicted octanol–water partition coefficient (Wildman–Crippen LogP) is 11.6. The number of hydrogen-bond donors (Lipinski definition) is 3. The van der Waals surface area contributed by atoms with Gasteiger partial charge in [-0.3, -0.25) is 0 Å². The highest BCUT2D eigenvalue weighted by atomic mass is 19.2. The van der Waals surface area contributed by atoms with Gasteiger partial charge in [-0.15, -0.1) is 0 Å². The molecule has 8 bridgehead atoms. The van der Waals surface area contributed by atoms with Crippen molar-refractivity contribution in [2.45, 2.75) is 0 Å². The summed E-state index contributed by atoms with van der Waals surface area (Å²) in [6.07, 6.45) is 2.05. The Balaban J connectivity index is 1.63. The molecule has 3 aromatic carbocycles. The molecule has 8 rings (SSSR count). The van der Waals surface area contributed by atoms with E-state index in [2.05, 4.69) is 19.9 Å². The molecule has 1 aliphatic heterocycles. The number of halogens is 12. The summed E-state index contributed by atoms with van der Waals surface area (Å²) in [7, 11) is 6.78. The van der Waals surface area contributed by atoms with Crippen molar-refractivity contribution in [3.05, 3.63) is 118 Å². The van der Waals surface area contributed by atoms with E-state index in [9.17, 15) is 0 Å². The maximum absolute atomic E-state index is 16.3. The highest BCUT2D eigenvalue weighted by Gasteiger charge is 2.34. The first kappa shape index (κ1) is 41.7. The topological polar surface area (TPSA) is 70.0 Å². The number of H-pyrrole nitrogens is 3. The third-order valence-corrected chi connectivity index (χ3v) is 10.4. The molecular formula is C43H29F12N7. The van der Waals surface area contributed by atoms with Crippen molar-refractivity contribution in [2.24, 2.45) is 0 Å². The molecule has 19 heteroatoms. The maximum atomic E-state index is 16.3. The van der Waals surface area contributed by atoms with E-state index in [0.29, 0.717) is 0 Å². The molecule has 5 heterocycles. The van der Waals surface area contributed by atoms with Crippen molar-refractivity contribution in [1.29, 1.82) is 0 Å². The van der Waals surface area contributed by atoms with Gasteiger partial charge in [0, 0.05) is 81.0 Å². The molecule has 62 heavy (non-hydrogen) atoms. The molecule has 320 valence electrons. The first-order valence-electron chi connectivity index (χ1n) is 18.2. The molecule has 0 atom stereocenters. The Kier molecular flexibility index (Phi) is 9.98. The van der Waals surface area contributed by atoms with E-state index in [1.165, 1.54) is 24.3 Å². The van der Waals surface area contributed by atoms with Gasteiger partial charge in [0.2, 0.25) is 0 Å². The van der Waals surface area contributed by atoms with E-state index in [1.54, 1.807) is 0 Å². The molecule has 0 aliphatic carbocycles. The third-order valence-electron chi connectivity index (χ3n) is 10.4. The van der Waals surface area contributed by atoms with Crippen molar-refractivity contribution in [1.82, 2.24) is 19.9 Å². The zero-order chi connectivity index (χ0) is 45.0. The van der Waals surface area contributed by atoms with Gasteiger partial charge >= 0.3 is 0 Å². The largest absolute Gasteiger partial charge is 0.373 e. The molecule has 0 fully saturated rings. The Morgan fingerprint density at radius 1 is 0.306 bits per heavy atom. The Hall–Kier alpha value is -7.05. The number of benzene rings is 3. The van der Waals surface area contributed by atoms with Crippen LogP contribution in [0, 0.1) is 69.8 Å². The van der Waals surface area contributed by atoms with E-state index < -0.39 is 137 Å². The summed E-state index contributed by atoms with van der Waals surface area (Å²) in [5.41, 5.74) is -11.4. The Morgan fingerprint density at radius 3 is 0.806 bits per heavy atom. The number of hydrogen-bond acceptors (Lipinski definition) is 4. The monoisotopic (exact) mass is 871 g/mol. The quantitative estimate of drug-likeness (QED) is 0.115. The number of nitrogens with one attached hydrogen (secondary N) is 3. The van der Waals surface area contributed by atoms with Gasteiger partial charge in [-0.05, 0) is 48.6 Å². The lowest BCUT2D eigenvalue weighted by atomic mass is 10.0. The van der Waals surface area contributed by atoms with Gasteiger partial charge in [-0.2, -0.15) is 0 Å². The lowest BCUT2D eigenvalue weighted by molar-refractivity contribution is 0.459. The normalized spacial score (nSPS) is 12.0. The molecule has 0 amide bonds. The number of aromatic nitrogens is 4. The van der Waals surface area contributed by atoms with Crippen LogP contribution in [0.25, 0.3) is 78.6 Å². The lowest BCUT2D eigenvalue weighted by Gasteiger charge is -2.18. The van der Waals surface area contributed by atoms with E-state index in [0.717, 1.165) is 81.3 Å². The molecular weight excluding hydrogens is 842 g/mol. The lowest BCUT2D eigenvalue weighted by Crippen LogP contribution is -2.16. The minimum Gasteiger partial charge on any atom is -0.373 e. The van der Waals surface area contributed by atoms with Gasteiger partial charge in [0.1, 0.15) is 17.1 Å². The average molecular weight is 872 g/mol. The van der Waals surface area contributed by atoms with Crippen LogP contribution in [0.5, 0.6) is 0 Å². The van der Waals surface area contributed by atoms with Crippen LogP contribution >= 0.6 is 0 Å². The second-order valence-corrected chi connectivity index (χ2v) is 14.8. The fraction of sp³-hybridized carbons (Fsp3) is 0.140. The van der Waals surface area contributed by atoms with Crippen LogP contribution in [0.3, 0.4) is 0 Å². The minimum atomic E-state index is -1.96. The second-order valence-electron chi connectivity index (χ2n) is 14.8. The van der Waals surface area contributed by atoms with Crippen molar-refractivity contribution in [3.8, 4) is 33.4 Å². The third kappa shape index (κ3) is 6.11. The zero-order valence-electron chi connectivity index (χ0n) is 32.9. The standard InChI is InChI=1S/C43H29F12N7/c1-60(2)41-35(50)29(44)26(30(45)36(41)51)23-17-9-7-15(56-17)16-8-10-18(57-16)24(27-31(46)37(52)42(61(3)4)38(53)32(27)47)20-12-14-22(59-20)25(21-13-11-19(23)58-21)28-33(48)39(54)43(62(5)6)40(55)34(28)49/h7-14,56-58H,1-6H3. The molecule has 0 saturated carbocycles. The minimum absolute atomic E-state index is 0.0770. The van der Waals surface area contributed by atoms with Gasteiger partial charge in [0.05, 0.1) is 39.1 Å². The fourth-order valence-corrected chi connectivity index (χ4v) is 7.64. The van der Waals surface area contributed by atoms with Gasteiger partial charge in [0.25, 0.3) is 0 Å². The van der Waals surface area contributed by atoms with E-state index >= 15 is 52.7 Å². The van der Waals surface area contributed by atoms with Crippen LogP contribution in [0.1, 0.15) is 11.4 Å².